The van der Waals surface area contributed by atoms with Crippen LogP contribution in [0.15, 0.2) is 48.8 Å². The van der Waals surface area contributed by atoms with E-state index in [0.29, 0.717) is 18.0 Å². The largest absolute Gasteiger partial charge is 0.497 e. The molecule has 1 aromatic carbocycles. The van der Waals surface area contributed by atoms with Crippen molar-refractivity contribution in [3.05, 3.63) is 54.4 Å². The smallest absolute Gasteiger partial charge is 0.233 e. The summed E-state index contributed by atoms with van der Waals surface area (Å²) in [5, 5.41) is 2.71. The van der Waals surface area contributed by atoms with Gasteiger partial charge in [0.2, 0.25) is 15.9 Å². The van der Waals surface area contributed by atoms with Crippen molar-refractivity contribution in [1.29, 1.82) is 0 Å². The zero-order valence-electron chi connectivity index (χ0n) is 14.1. The summed E-state index contributed by atoms with van der Waals surface area (Å²) in [7, 11) is -2.16. The number of pyridine rings is 1. The summed E-state index contributed by atoms with van der Waals surface area (Å²) in [6, 6.07) is 10.2. The van der Waals surface area contributed by atoms with Crippen molar-refractivity contribution in [2.45, 2.75) is 13.5 Å². The number of methoxy groups -OCH3 is 1. The molecule has 1 amide bonds. The van der Waals surface area contributed by atoms with E-state index < -0.39 is 15.9 Å². The van der Waals surface area contributed by atoms with E-state index in [9.17, 15) is 13.2 Å². The number of carbonyl (C=O) groups excluding carboxylic acids is 1. The minimum Gasteiger partial charge on any atom is -0.497 e. The monoisotopic (exact) mass is 363 g/mol. The van der Waals surface area contributed by atoms with Gasteiger partial charge in [0.15, 0.2) is 0 Å². The first-order valence-corrected chi connectivity index (χ1v) is 9.36. The van der Waals surface area contributed by atoms with Crippen LogP contribution in [0.2, 0.25) is 0 Å². The summed E-state index contributed by atoms with van der Waals surface area (Å²) in [5.41, 5.74) is 1.24. The third kappa shape index (κ3) is 6.07. The van der Waals surface area contributed by atoms with Crippen LogP contribution in [0.25, 0.3) is 0 Å². The Bertz CT molecular complexity index is 810. The number of ether oxygens (including phenoxy) is 1. The lowest BCUT2D eigenvalue weighted by atomic mass is 10.2. The second-order valence-corrected chi connectivity index (χ2v) is 7.36. The molecule has 25 heavy (non-hydrogen) atoms. The Morgan fingerprint density at radius 3 is 2.76 bits per heavy atom. The molecule has 0 saturated heterocycles. The third-order valence-electron chi connectivity index (χ3n) is 3.45. The number of benzene rings is 1. The molecule has 1 aromatic heterocycles. The Morgan fingerprint density at radius 2 is 2.08 bits per heavy atom. The van der Waals surface area contributed by atoms with E-state index in [4.69, 9.17) is 4.74 Å². The van der Waals surface area contributed by atoms with Crippen LogP contribution >= 0.6 is 0 Å². The maximum Gasteiger partial charge on any atom is 0.233 e. The van der Waals surface area contributed by atoms with Crippen molar-refractivity contribution in [3.8, 4) is 5.75 Å². The van der Waals surface area contributed by atoms with Gasteiger partial charge in [-0.25, -0.2) is 8.42 Å². The molecule has 1 unspecified atom stereocenters. The average Bonchev–Trinajstić information content (AvgIpc) is 2.59. The SMILES string of the molecule is COc1cccc(NS(=O)(=O)CC(C)C(=O)NCc2cccnc2)c1. The molecule has 2 N–H and O–H groups in total. The zero-order valence-corrected chi connectivity index (χ0v) is 14.9. The maximum atomic E-state index is 12.2. The number of hydrogen-bond acceptors (Lipinski definition) is 5. The normalized spacial score (nSPS) is 12.2. The Hall–Kier alpha value is -2.61. The number of amides is 1. The average molecular weight is 363 g/mol. The van der Waals surface area contributed by atoms with Crippen LogP contribution in [0, 0.1) is 5.92 Å². The molecular weight excluding hydrogens is 342 g/mol. The fourth-order valence-corrected chi connectivity index (χ4v) is 3.56. The molecule has 0 saturated carbocycles. The van der Waals surface area contributed by atoms with Crippen LogP contribution in [0.1, 0.15) is 12.5 Å². The summed E-state index contributed by atoms with van der Waals surface area (Å²) in [6.45, 7) is 1.88. The molecule has 2 aromatic rings. The molecule has 0 aliphatic carbocycles. The van der Waals surface area contributed by atoms with E-state index in [1.165, 1.54) is 7.11 Å². The molecule has 0 spiro atoms. The molecule has 7 nitrogen and oxygen atoms in total. The standard InChI is InChI=1S/C17H21N3O4S/c1-13(17(21)19-11-14-5-4-8-18-10-14)12-25(22,23)20-15-6-3-7-16(9-15)24-2/h3-10,13,20H,11-12H2,1-2H3,(H,19,21). The van der Waals surface area contributed by atoms with Gasteiger partial charge >= 0.3 is 0 Å². The van der Waals surface area contributed by atoms with Gasteiger partial charge in [-0.15, -0.1) is 0 Å². The van der Waals surface area contributed by atoms with Gasteiger partial charge < -0.3 is 10.1 Å². The van der Waals surface area contributed by atoms with Crippen LogP contribution in [0.5, 0.6) is 5.75 Å². The predicted octanol–water partition coefficient (Wildman–Crippen LogP) is 1.78. The molecular formula is C17H21N3O4S. The first kappa shape index (κ1) is 18.7. The first-order chi connectivity index (χ1) is 11.9. The van der Waals surface area contributed by atoms with E-state index in [-0.39, 0.29) is 11.7 Å². The van der Waals surface area contributed by atoms with Crippen molar-refractivity contribution >= 4 is 21.6 Å². The van der Waals surface area contributed by atoms with Crippen LogP contribution in [0.3, 0.4) is 0 Å². The molecule has 2 rings (SSSR count). The van der Waals surface area contributed by atoms with E-state index in [2.05, 4.69) is 15.0 Å². The molecule has 0 aliphatic rings. The summed E-state index contributed by atoms with van der Waals surface area (Å²) in [4.78, 5) is 16.1. The Morgan fingerprint density at radius 1 is 1.28 bits per heavy atom. The topological polar surface area (TPSA) is 97.4 Å². The highest BCUT2D eigenvalue weighted by Crippen LogP contribution is 2.18. The molecule has 0 radical (unpaired) electrons. The molecule has 1 heterocycles. The number of carbonyl (C=O) groups is 1. The van der Waals surface area contributed by atoms with Gasteiger partial charge in [0.05, 0.1) is 24.5 Å². The molecule has 8 heteroatoms. The molecule has 1 atom stereocenters. The minimum atomic E-state index is -3.67. The van der Waals surface area contributed by atoms with Crippen molar-refractivity contribution in [2.75, 3.05) is 17.6 Å². The van der Waals surface area contributed by atoms with Gasteiger partial charge in [-0.2, -0.15) is 0 Å². The highest BCUT2D eigenvalue weighted by atomic mass is 32.2. The van der Waals surface area contributed by atoms with Gasteiger partial charge in [0.1, 0.15) is 5.75 Å². The molecule has 134 valence electrons. The quantitative estimate of drug-likeness (QED) is 0.745. The fraction of sp³-hybridized carbons (Fsp3) is 0.294. The number of aromatic nitrogens is 1. The second kappa shape index (κ2) is 8.48. The third-order valence-corrected chi connectivity index (χ3v) is 4.94. The highest BCUT2D eigenvalue weighted by molar-refractivity contribution is 7.92. The van der Waals surface area contributed by atoms with E-state index in [1.807, 2.05) is 6.07 Å². The van der Waals surface area contributed by atoms with E-state index >= 15 is 0 Å². The summed E-state index contributed by atoms with van der Waals surface area (Å²) >= 11 is 0. The van der Waals surface area contributed by atoms with E-state index in [1.54, 1.807) is 49.6 Å². The lowest BCUT2D eigenvalue weighted by Crippen LogP contribution is -2.34. The van der Waals surface area contributed by atoms with Crippen molar-refractivity contribution in [2.24, 2.45) is 5.92 Å². The number of rotatable bonds is 8. The molecule has 0 fully saturated rings. The number of hydrogen-bond donors (Lipinski definition) is 2. The van der Waals surface area contributed by atoms with Crippen molar-refractivity contribution in [3.63, 3.8) is 0 Å². The Labute approximate surface area is 147 Å². The fourth-order valence-electron chi connectivity index (χ4n) is 2.18. The van der Waals surface area contributed by atoms with Gasteiger partial charge in [0, 0.05) is 25.0 Å². The number of nitrogens with one attached hydrogen (secondary N) is 2. The Kier molecular flexibility index (Phi) is 6.35. The summed E-state index contributed by atoms with van der Waals surface area (Å²) < 4.78 is 32.0. The van der Waals surface area contributed by atoms with Crippen LogP contribution in [-0.4, -0.2) is 32.2 Å². The number of anilines is 1. The summed E-state index contributed by atoms with van der Waals surface area (Å²) in [6.07, 6.45) is 3.29. The zero-order chi connectivity index (χ0) is 18.3. The summed E-state index contributed by atoms with van der Waals surface area (Å²) in [5.74, 6) is -0.801. The predicted molar refractivity (Wildman–Crippen MR) is 95.7 cm³/mol. The lowest BCUT2D eigenvalue weighted by Gasteiger charge is -2.14. The van der Waals surface area contributed by atoms with Gasteiger partial charge in [-0.05, 0) is 23.8 Å². The van der Waals surface area contributed by atoms with Crippen molar-refractivity contribution < 1.29 is 17.9 Å². The highest BCUT2D eigenvalue weighted by Gasteiger charge is 2.21. The van der Waals surface area contributed by atoms with Crippen LogP contribution in [-0.2, 0) is 21.4 Å². The van der Waals surface area contributed by atoms with Gasteiger partial charge in [-0.1, -0.05) is 19.1 Å². The maximum absolute atomic E-state index is 12.2. The molecule has 0 bridgehead atoms. The van der Waals surface area contributed by atoms with Crippen LogP contribution < -0.4 is 14.8 Å². The Balaban J connectivity index is 1.90. The van der Waals surface area contributed by atoms with E-state index in [0.717, 1.165) is 5.56 Å². The number of nitrogens with zero attached hydrogens (tertiary/aromatic N) is 1. The van der Waals surface area contributed by atoms with Gasteiger partial charge in [0.25, 0.3) is 0 Å². The van der Waals surface area contributed by atoms with Crippen LogP contribution in [0.4, 0.5) is 5.69 Å². The second-order valence-electron chi connectivity index (χ2n) is 5.60. The minimum absolute atomic E-state index is 0.306. The first-order valence-electron chi connectivity index (χ1n) is 7.71. The van der Waals surface area contributed by atoms with Gasteiger partial charge in [-0.3, -0.25) is 14.5 Å². The van der Waals surface area contributed by atoms with Crippen molar-refractivity contribution in [1.82, 2.24) is 10.3 Å². The lowest BCUT2D eigenvalue weighted by molar-refractivity contribution is -0.124. The molecule has 0 aliphatic heterocycles. The number of sulfonamides is 1.